The summed E-state index contributed by atoms with van der Waals surface area (Å²) >= 11 is 10.2. The van der Waals surface area contributed by atoms with Crippen molar-refractivity contribution in [1.29, 1.82) is 0 Å². The van der Waals surface area contributed by atoms with E-state index in [0.29, 0.717) is 4.80 Å². The zero-order chi connectivity index (χ0) is 26.7. The van der Waals surface area contributed by atoms with Gasteiger partial charge < -0.3 is 14.2 Å². The predicted octanol–water partition coefficient (Wildman–Crippen LogP) is 3.08. The third kappa shape index (κ3) is 6.09. The molecule has 0 atom stereocenters. The number of thiazole rings is 1. The summed E-state index contributed by atoms with van der Waals surface area (Å²) in [6.07, 6.45) is -0.450. The van der Waals surface area contributed by atoms with Crippen LogP contribution in [0.2, 0.25) is 0 Å². The third-order valence-electron chi connectivity index (χ3n) is 5.71. The second-order valence-corrected chi connectivity index (χ2v) is 12.3. The average molecular weight is 627 g/mol. The number of nitrogens with one attached hydrogen (secondary N) is 1. The van der Waals surface area contributed by atoms with E-state index in [1.54, 1.807) is 6.92 Å². The molecule has 1 fully saturated rings. The van der Waals surface area contributed by atoms with Gasteiger partial charge in [0.05, 0.1) is 21.7 Å². The first-order valence-electron chi connectivity index (χ1n) is 11.3. The van der Waals surface area contributed by atoms with Crippen LogP contribution in [0.5, 0.6) is 0 Å². The summed E-state index contributed by atoms with van der Waals surface area (Å²) in [4.78, 5) is 31.1. The number of halogens is 1. The molecule has 2 heterocycles. The first-order valence-corrected chi connectivity index (χ1v) is 14.7. The van der Waals surface area contributed by atoms with Gasteiger partial charge >= 0.3 is 6.09 Å². The number of hydrogen-bond donors (Lipinski definition) is 1. The lowest BCUT2D eigenvalue weighted by Crippen LogP contribution is -2.50. The number of aryl methyl sites for hydroxylation is 1. The number of sulfonamides is 1. The number of aromatic nitrogens is 1. The predicted molar refractivity (Wildman–Crippen MR) is 148 cm³/mol. The molecule has 2 aromatic carbocycles. The van der Waals surface area contributed by atoms with Gasteiger partial charge in [-0.3, -0.25) is 10.1 Å². The molecule has 1 aliphatic heterocycles. The lowest BCUT2D eigenvalue weighted by molar-refractivity contribution is 0.0933. The zero-order valence-electron chi connectivity index (χ0n) is 20.0. The fraction of sp³-hybridized carbons (Fsp3) is 0.304. The van der Waals surface area contributed by atoms with Crippen molar-refractivity contribution in [1.82, 2.24) is 19.1 Å². The zero-order valence-corrected chi connectivity index (χ0v) is 24.0. The summed E-state index contributed by atoms with van der Waals surface area (Å²) in [7, 11) is -1.91. The Kier molecular flexibility index (Phi) is 8.43. The first kappa shape index (κ1) is 27.4. The van der Waals surface area contributed by atoms with Gasteiger partial charge in [-0.1, -0.05) is 27.3 Å². The number of hydrogen-bond acceptors (Lipinski definition) is 7. The molecule has 14 heteroatoms. The number of fused-ring (bicyclic) bond motifs is 1. The molecule has 0 saturated carbocycles. The van der Waals surface area contributed by atoms with E-state index in [9.17, 15) is 18.0 Å². The molecule has 2 amide bonds. The summed E-state index contributed by atoms with van der Waals surface area (Å²) in [5.74, 6) is -0.493. The van der Waals surface area contributed by atoms with Crippen LogP contribution in [-0.2, 0) is 21.8 Å². The maximum Gasteiger partial charge on any atom is 0.409 e. The van der Waals surface area contributed by atoms with E-state index in [1.807, 2.05) is 29.8 Å². The highest BCUT2D eigenvalue weighted by molar-refractivity contribution is 9.10. The normalized spacial score (nSPS) is 15.1. The summed E-state index contributed by atoms with van der Waals surface area (Å²) in [6.45, 7) is 2.78. The van der Waals surface area contributed by atoms with Crippen LogP contribution >= 0.6 is 39.5 Å². The van der Waals surface area contributed by atoms with Gasteiger partial charge in [-0.25, -0.2) is 13.2 Å². The van der Waals surface area contributed by atoms with Crippen LogP contribution < -0.4 is 10.1 Å². The van der Waals surface area contributed by atoms with E-state index in [4.69, 9.17) is 17.0 Å². The monoisotopic (exact) mass is 625 g/mol. The van der Waals surface area contributed by atoms with Crippen molar-refractivity contribution in [3.63, 3.8) is 0 Å². The van der Waals surface area contributed by atoms with Gasteiger partial charge in [0.2, 0.25) is 15.1 Å². The molecular weight excluding hydrogens is 602 g/mol. The van der Waals surface area contributed by atoms with Crippen molar-refractivity contribution in [2.75, 3.05) is 32.8 Å². The summed E-state index contributed by atoms with van der Waals surface area (Å²) in [6, 6.07) is 11.5. The highest BCUT2D eigenvalue weighted by Crippen LogP contribution is 2.22. The molecule has 196 valence electrons. The summed E-state index contributed by atoms with van der Waals surface area (Å²) in [5, 5.41) is 2.58. The van der Waals surface area contributed by atoms with Crippen LogP contribution in [-0.4, -0.2) is 72.1 Å². The molecule has 1 aromatic heterocycles. The van der Waals surface area contributed by atoms with E-state index in [-0.39, 0.29) is 48.4 Å². The van der Waals surface area contributed by atoms with E-state index in [1.165, 1.54) is 44.8 Å². The van der Waals surface area contributed by atoms with Crippen LogP contribution in [0, 0.1) is 0 Å². The topological polar surface area (TPSA) is 113 Å². The number of thiocarbonyl (C=S) groups is 1. The number of ether oxygens (including phenoxy) is 1. The molecule has 4 rings (SSSR count). The SMILES string of the molecule is CCOC(=O)N1CCN(S(=O)(=O)c2ccc(C(=O)NC(=S)/N=c3\sc4cc(Br)ccc4n3C)cc2)CC1. The van der Waals surface area contributed by atoms with Crippen LogP contribution in [0.4, 0.5) is 4.79 Å². The van der Waals surface area contributed by atoms with Crippen LogP contribution in [0.15, 0.2) is 56.8 Å². The van der Waals surface area contributed by atoms with E-state index in [2.05, 4.69) is 26.2 Å². The van der Waals surface area contributed by atoms with Gasteiger partial charge in [-0.15, -0.1) is 0 Å². The van der Waals surface area contributed by atoms with E-state index >= 15 is 0 Å². The molecule has 0 radical (unpaired) electrons. The van der Waals surface area contributed by atoms with Crippen LogP contribution in [0.25, 0.3) is 10.2 Å². The fourth-order valence-corrected chi connectivity index (χ4v) is 6.99. The average Bonchev–Trinajstić information content (AvgIpc) is 3.18. The Morgan fingerprint density at radius 3 is 2.46 bits per heavy atom. The number of carbonyl (C=O) groups excluding carboxylic acids is 2. The van der Waals surface area contributed by atoms with E-state index in [0.717, 1.165) is 14.7 Å². The van der Waals surface area contributed by atoms with Crippen molar-refractivity contribution >= 4 is 76.8 Å². The largest absolute Gasteiger partial charge is 0.450 e. The molecule has 1 aliphatic rings. The molecule has 0 unspecified atom stereocenters. The summed E-state index contributed by atoms with van der Waals surface area (Å²) < 4.78 is 36.2. The van der Waals surface area contributed by atoms with Gasteiger partial charge in [0, 0.05) is 43.3 Å². The van der Waals surface area contributed by atoms with Crippen molar-refractivity contribution < 1.29 is 22.7 Å². The third-order valence-corrected chi connectivity index (χ3v) is 9.40. The first-order chi connectivity index (χ1) is 17.6. The number of benzene rings is 2. The standard InChI is InChI=1S/C23H24BrN5O5S3/c1-3-34-23(31)28-10-12-29(13-11-28)37(32,33)17-7-4-15(5-8-17)20(30)25-21(35)26-22-27(2)18-9-6-16(24)14-19(18)36-22/h4-9,14H,3,10-13H2,1-2H3,(H,25,30,35)/b26-22-. The van der Waals surface area contributed by atoms with Crippen molar-refractivity contribution in [3.8, 4) is 0 Å². The van der Waals surface area contributed by atoms with Crippen molar-refractivity contribution in [2.24, 2.45) is 12.0 Å². The second kappa shape index (κ2) is 11.4. The number of piperazine rings is 1. The maximum absolute atomic E-state index is 13.0. The molecule has 1 N–H and O–H groups in total. The molecule has 0 aliphatic carbocycles. The minimum absolute atomic E-state index is 0.00221. The Balaban J connectivity index is 1.41. The second-order valence-electron chi connectivity index (χ2n) is 8.04. The molecule has 1 saturated heterocycles. The number of amides is 2. The summed E-state index contributed by atoms with van der Waals surface area (Å²) in [5.41, 5.74) is 1.23. The molecule has 3 aromatic rings. The van der Waals surface area contributed by atoms with Gasteiger partial charge in [-0.05, 0) is 61.6 Å². The lowest BCUT2D eigenvalue weighted by Gasteiger charge is -2.33. The van der Waals surface area contributed by atoms with Crippen LogP contribution in [0.1, 0.15) is 17.3 Å². The quantitative estimate of drug-likeness (QED) is 0.446. The van der Waals surface area contributed by atoms with Gasteiger partial charge in [0.25, 0.3) is 5.91 Å². The minimum Gasteiger partial charge on any atom is -0.450 e. The molecule has 0 spiro atoms. The highest BCUT2D eigenvalue weighted by atomic mass is 79.9. The Labute approximate surface area is 231 Å². The molecule has 37 heavy (non-hydrogen) atoms. The molecule has 0 bridgehead atoms. The Hall–Kier alpha value is -2.65. The van der Waals surface area contributed by atoms with E-state index < -0.39 is 22.0 Å². The number of nitrogens with zero attached hydrogens (tertiary/aromatic N) is 4. The smallest absolute Gasteiger partial charge is 0.409 e. The van der Waals surface area contributed by atoms with Crippen LogP contribution in [0.3, 0.4) is 0 Å². The number of carbonyl (C=O) groups is 2. The Bertz CT molecular complexity index is 1520. The minimum atomic E-state index is -3.78. The van der Waals surface area contributed by atoms with Gasteiger partial charge in [-0.2, -0.15) is 9.30 Å². The van der Waals surface area contributed by atoms with Gasteiger partial charge in [0.15, 0.2) is 4.80 Å². The molecule has 10 nitrogen and oxygen atoms in total. The lowest BCUT2D eigenvalue weighted by atomic mass is 10.2. The van der Waals surface area contributed by atoms with Gasteiger partial charge in [0.1, 0.15) is 0 Å². The number of rotatable bonds is 4. The van der Waals surface area contributed by atoms with Crippen molar-refractivity contribution in [2.45, 2.75) is 11.8 Å². The molecular formula is C23H24BrN5O5S3. The Morgan fingerprint density at radius 2 is 1.81 bits per heavy atom. The van der Waals surface area contributed by atoms with Crippen molar-refractivity contribution in [3.05, 3.63) is 57.3 Å². The highest BCUT2D eigenvalue weighted by Gasteiger charge is 2.30. The maximum atomic E-state index is 13.0. The fourth-order valence-electron chi connectivity index (χ4n) is 3.75. The Morgan fingerprint density at radius 1 is 1.14 bits per heavy atom.